The Morgan fingerprint density at radius 1 is 1.00 bits per heavy atom. The number of carbonyl (C=O) groups excluding carboxylic acids is 1. The molecule has 0 saturated heterocycles. The maximum atomic E-state index is 12.0. The Morgan fingerprint density at radius 3 is 2.31 bits per heavy atom. The van der Waals surface area contributed by atoms with Gasteiger partial charge in [-0.3, -0.25) is 4.79 Å². The zero-order valence-electron chi connectivity index (χ0n) is 8.97. The molecule has 2 nitrogen and oxygen atoms in total. The number of phenols is 1. The molecule has 2 rings (SSSR count). The van der Waals surface area contributed by atoms with Crippen LogP contribution in [0, 0.1) is 6.92 Å². The normalized spacial score (nSPS) is 10.1. The number of rotatable bonds is 2. The number of ketones is 1. The van der Waals surface area contributed by atoms with Gasteiger partial charge in [-0.25, -0.2) is 0 Å². The SMILES string of the molecule is Cc1ccc(C(=O)c2ccccc2)cc1O. The molecule has 0 fully saturated rings. The molecule has 0 unspecified atom stereocenters. The fraction of sp³-hybridized carbons (Fsp3) is 0.0714. The fourth-order valence-corrected chi connectivity index (χ4v) is 1.51. The number of carbonyl (C=O) groups is 1. The van der Waals surface area contributed by atoms with Crippen molar-refractivity contribution >= 4 is 5.78 Å². The van der Waals surface area contributed by atoms with Gasteiger partial charge in [-0.15, -0.1) is 0 Å². The molecular weight excluding hydrogens is 200 g/mol. The molecule has 16 heavy (non-hydrogen) atoms. The van der Waals surface area contributed by atoms with Crippen LogP contribution < -0.4 is 0 Å². The number of hydrogen-bond acceptors (Lipinski definition) is 2. The van der Waals surface area contributed by atoms with E-state index < -0.39 is 0 Å². The zero-order chi connectivity index (χ0) is 11.5. The van der Waals surface area contributed by atoms with Crippen molar-refractivity contribution in [2.75, 3.05) is 0 Å². The molecule has 0 aromatic heterocycles. The maximum absolute atomic E-state index is 12.0. The summed E-state index contributed by atoms with van der Waals surface area (Å²) in [5, 5.41) is 9.54. The van der Waals surface area contributed by atoms with Gasteiger partial charge in [-0.1, -0.05) is 42.5 Å². The molecule has 80 valence electrons. The van der Waals surface area contributed by atoms with Crippen LogP contribution >= 0.6 is 0 Å². The third-order valence-corrected chi connectivity index (χ3v) is 2.51. The van der Waals surface area contributed by atoms with Crippen LogP contribution in [0.4, 0.5) is 0 Å². The summed E-state index contributed by atoms with van der Waals surface area (Å²) in [6.07, 6.45) is 0. The second-order valence-corrected chi connectivity index (χ2v) is 3.70. The molecule has 0 aliphatic heterocycles. The van der Waals surface area contributed by atoms with Crippen molar-refractivity contribution in [2.24, 2.45) is 0 Å². The molecule has 2 aromatic carbocycles. The highest BCUT2D eigenvalue weighted by molar-refractivity contribution is 6.09. The third-order valence-electron chi connectivity index (χ3n) is 2.51. The smallest absolute Gasteiger partial charge is 0.193 e. The van der Waals surface area contributed by atoms with Crippen LogP contribution in [0.3, 0.4) is 0 Å². The van der Waals surface area contributed by atoms with Crippen LogP contribution in [-0.4, -0.2) is 10.9 Å². The molecule has 0 heterocycles. The second-order valence-electron chi connectivity index (χ2n) is 3.70. The molecule has 2 heteroatoms. The first-order valence-corrected chi connectivity index (χ1v) is 5.08. The van der Waals surface area contributed by atoms with Crippen molar-refractivity contribution in [3.63, 3.8) is 0 Å². The highest BCUT2D eigenvalue weighted by Gasteiger charge is 2.09. The molecule has 0 saturated carbocycles. The lowest BCUT2D eigenvalue weighted by Gasteiger charge is -2.03. The summed E-state index contributed by atoms with van der Waals surface area (Å²) in [7, 11) is 0. The van der Waals surface area contributed by atoms with Gasteiger partial charge in [0, 0.05) is 11.1 Å². The van der Waals surface area contributed by atoms with Crippen molar-refractivity contribution in [2.45, 2.75) is 6.92 Å². The van der Waals surface area contributed by atoms with Crippen molar-refractivity contribution in [1.82, 2.24) is 0 Å². The van der Waals surface area contributed by atoms with Crippen LogP contribution in [0.25, 0.3) is 0 Å². The highest BCUT2D eigenvalue weighted by Crippen LogP contribution is 2.19. The molecule has 2 aromatic rings. The average molecular weight is 212 g/mol. The minimum Gasteiger partial charge on any atom is -0.508 e. The van der Waals surface area contributed by atoms with E-state index >= 15 is 0 Å². The van der Waals surface area contributed by atoms with E-state index in [1.54, 1.807) is 31.2 Å². The molecule has 1 N–H and O–H groups in total. The molecule has 0 atom stereocenters. The molecular formula is C14H12O2. The summed E-state index contributed by atoms with van der Waals surface area (Å²) in [4.78, 5) is 12.0. The Bertz CT molecular complexity index is 516. The molecule has 0 aliphatic rings. The first-order valence-electron chi connectivity index (χ1n) is 5.08. The first kappa shape index (κ1) is 10.4. The molecule has 0 bridgehead atoms. The van der Waals surface area contributed by atoms with Crippen molar-refractivity contribution in [3.8, 4) is 5.75 Å². The number of aromatic hydroxyl groups is 1. The molecule has 0 radical (unpaired) electrons. The Hall–Kier alpha value is -2.09. The molecule has 0 aliphatic carbocycles. The number of phenolic OH excluding ortho intramolecular Hbond substituents is 1. The Labute approximate surface area is 94.2 Å². The fourth-order valence-electron chi connectivity index (χ4n) is 1.51. The van der Waals surface area contributed by atoms with E-state index in [0.717, 1.165) is 5.56 Å². The average Bonchev–Trinajstić information content (AvgIpc) is 2.33. The van der Waals surface area contributed by atoms with Crippen molar-refractivity contribution in [3.05, 3.63) is 65.2 Å². The van der Waals surface area contributed by atoms with Crippen molar-refractivity contribution < 1.29 is 9.90 Å². The topological polar surface area (TPSA) is 37.3 Å². The number of benzene rings is 2. The first-order chi connectivity index (χ1) is 7.68. The van der Waals surface area contributed by atoms with Crippen LogP contribution in [0.5, 0.6) is 5.75 Å². The van der Waals surface area contributed by atoms with Gasteiger partial charge in [0.2, 0.25) is 0 Å². The Kier molecular flexibility index (Phi) is 2.73. The van der Waals surface area contributed by atoms with Gasteiger partial charge >= 0.3 is 0 Å². The van der Waals surface area contributed by atoms with Gasteiger partial charge in [0.05, 0.1) is 0 Å². The van der Waals surface area contributed by atoms with Gasteiger partial charge < -0.3 is 5.11 Å². The van der Waals surface area contributed by atoms with E-state index in [-0.39, 0.29) is 11.5 Å². The van der Waals surface area contributed by atoms with Gasteiger partial charge in [0.15, 0.2) is 5.78 Å². The summed E-state index contributed by atoms with van der Waals surface area (Å²) in [5.74, 6) is 0.0812. The van der Waals surface area contributed by atoms with Crippen LogP contribution in [-0.2, 0) is 0 Å². The standard InChI is InChI=1S/C14H12O2/c1-10-7-8-12(9-13(10)15)14(16)11-5-3-2-4-6-11/h2-9,15H,1H3. The van der Waals surface area contributed by atoms with E-state index in [1.807, 2.05) is 18.2 Å². The number of hydrogen-bond donors (Lipinski definition) is 1. The maximum Gasteiger partial charge on any atom is 0.193 e. The minimum absolute atomic E-state index is 0.0732. The summed E-state index contributed by atoms with van der Waals surface area (Å²) in [6, 6.07) is 14.0. The van der Waals surface area contributed by atoms with E-state index in [0.29, 0.717) is 11.1 Å². The summed E-state index contributed by atoms with van der Waals surface area (Å²) < 4.78 is 0. The second kappa shape index (κ2) is 4.19. The lowest BCUT2D eigenvalue weighted by Crippen LogP contribution is -2.00. The van der Waals surface area contributed by atoms with Gasteiger partial charge in [-0.2, -0.15) is 0 Å². The predicted octanol–water partition coefficient (Wildman–Crippen LogP) is 2.93. The van der Waals surface area contributed by atoms with Crippen LogP contribution in [0.15, 0.2) is 48.5 Å². The van der Waals surface area contributed by atoms with E-state index in [9.17, 15) is 9.90 Å². The Morgan fingerprint density at radius 2 is 1.69 bits per heavy atom. The number of aryl methyl sites for hydroxylation is 1. The van der Waals surface area contributed by atoms with Gasteiger partial charge in [0.1, 0.15) is 5.75 Å². The zero-order valence-corrected chi connectivity index (χ0v) is 8.97. The summed E-state index contributed by atoms with van der Waals surface area (Å²) in [5.41, 5.74) is 1.91. The van der Waals surface area contributed by atoms with E-state index in [4.69, 9.17) is 0 Å². The Balaban J connectivity index is 2.39. The predicted molar refractivity (Wildman–Crippen MR) is 62.7 cm³/mol. The van der Waals surface area contributed by atoms with E-state index in [2.05, 4.69) is 0 Å². The lowest BCUT2D eigenvalue weighted by molar-refractivity contribution is 0.103. The molecule has 0 spiro atoms. The monoisotopic (exact) mass is 212 g/mol. The van der Waals surface area contributed by atoms with Crippen molar-refractivity contribution in [1.29, 1.82) is 0 Å². The largest absolute Gasteiger partial charge is 0.508 e. The summed E-state index contributed by atoms with van der Waals surface area (Å²) >= 11 is 0. The quantitative estimate of drug-likeness (QED) is 0.777. The third kappa shape index (κ3) is 1.96. The van der Waals surface area contributed by atoms with E-state index in [1.165, 1.54) is 6.07 Å². The minimum atomic E-state index is -0.0732. The van der Waals surface area contributed by atoms with Gasteiger partial charge in [0.25, 0.3) is 0 Å². The highest BCUT2D eigenvalue weighted by atomic mass is 16.3. The van der Waals surface area contributed by atoms with Crippen LogP contribution in [0.2, 0.25) is 0 Å². The van der Waals surface area contributed by atoms with Crippen LogP contribution in [0.1, 0.15) is 21.5 Å². The summed E-state index contributed by atoms with van der Waals surface area (Å²) in [6.45, 7) is 1.80. The molecule has 0 amide bonds. The van der Waals surface area contributed by atoms with Gasteiger partial charge in [-0.05, 0) is 18.6 Å². The lowest BCUT2D eigenvalue weighted by atomic mass is 10.0.